The topological polar surface area (TPSA) is 63.2 Å². The van der Waals surface area contributed by atoms with Crippen molar-refractivity contribution in [3.8, 4) is 6.07 Å². The van der Waals surface area contributed by atoms with Gasteiger partial charge in [0.2, 0.25) is 0 Å². The predicted octanol–water partition coefficient (Wildman–Crippen LogP) is 2.37. The lowest BCUT2D eigenvalue weighted by Crippen LogP contribution is -2.19. The van der Waals surface area contributed by atoms with E-state index in [1.807, 2.05) is 38.1 Å². The summed E-state index contributed by atoms with van der Waals surface area (Å²) in [5.41, 5.74) is 3.45. The molecule has 0 radical (unpaired) electrons. The van der Waals surface area contributed by atoms with E-state index in [1.165, 1.54) is 0 Å². The lowest BCUT2D eigenvalue weighted by molar-refractivity contribution is 1.12. The normalized spacial score (nSPS) is 14.9. The predicted molar refractivity (Wildman–Crippen MR) is 63.8 cm³/mol. The first-order chi connectivity index (χ1) is 7.61. The molecule has 4 heteroatoms. The van der Waals surface area contributed by atoms with E-state index < -0.39 is 0 Å². The Bertz CT molecular complexity index is 522. The van der Waals surface area contributed by atoms with Crippen molar-refractivity contribution in [1.82, 2.24) is 0 Å². The Morgan fingerprint density at radius 3 is 2.81 bits per heavy atom. The van der Waals surface area contributed by atoms with E-state index in [0.717, 1.165) is 16.8 Å². The molecule has 4 nitrogen and oxygen atoms in total. The lowest BCUT2D eigenvalue weighted by Gasteiger charge is -2.16. The third-order valence-corrected chi connectivity index (χ3v) is 2.53. The average molecular weight is 212 g/mol. The van der Waals surface area contributed by atoms with Gasteiger partial charge in [-0.1, -0.05) is 12.1 Å². The van der Waals surface area contributed by atoms with Crippen LogP contribution in [0.5, 0.6) is 0 Å². The van der Waals surface area contributed by atoms with Crippen molar-refractivity contribution in [1.29, 1.82) is 10.7 Å². The van der Waals surface area contributed by atoms with Crippen LogP contribution in [0.1, 0.15) is 17.5 Å². The van der Waals surface area contributed by atoms with Crippen LogP contribution in [0.25, 0.3) is 0 Å². The Kier molecular flexibility index (Phi) is 2.45. The molecule has 0 spiro atoms. The fourth-order valence-electron chi connectivity index (χ4n) is 1.66. The summed E-state index contributed by atoms with van der Waals surface area (Å²) in [6.45, 7) is 3.97. The van der Waals surface area contributed by atoms with Crippen LogP contribution in [0.4, 0.5) is 5.69 Å². The van der Waals surface area contributed by atoms with Crippen LogP contribution in [-0.2, 0) is 0 Å². The van der Waals surface area contributed by atoms with Gasteiger partial charge >= 0.3 is 0 Å². The first-order valence-electron chi connectivity index (χ1n) is 5.04. The van der Waals surface area contributed by atoms with Gasteiger partial charge in [-0.15, -0.1) is 0 Å². The molecule has 1 aromatic rings. The third-order valence-electron chi connectivity index (χ3n) is 2.53. The lowest BCUT2D eigenvalue weighted by atomic mass is 10.1. The SMILES string of the molecule is Cc1ccc(C)c(N2N=C(C#N)CC2=N)c1. The third kappa shape index (κ3) is 1.68. The molecule has 0 aliphatic carbocycles. The number of aryl methyl sites for hydroxylation is 2. The number of nitriles is 1. The largest absolute Gasteiger partial charge is 0.286 e. The highest BCUT2D eigenvalue weighted by atomic mass is 15.5. The van der Waals surface area contributed by atoms with Crippen LogP contribution >= 0.6 is 0 Å². The number of hydrazone groups is 1. The fraction of sp³-hybridized carbons (Fsp3) is 0.250. The molecule has 1 aromatic carbocycles. The molecule has 1 N–H and O–H groups in total. The Hall–Kier alpha value is -2.15. The van der Waals surface area contributed by atoms with Gasteiger partial charge in [-0.05, 0) is 31.0 Å². The second-order valence-electron chi connectivity index (χ2n) is 3.88. The van der Waals surface area contributed by atoms with E-state index >= 15 is 0 Å². The number of anilines is 1. The smallest absolute Gasteiger partial charge is 0.146 e. The number of benzene rings is 1. The minimum Gasteiger partial charge on any atom is -0.286 e. The molecule has 80 valence electrons. The Morgan fingerprint density at radius 1 is 1.44 bits per heavy atom. The number of nitrogens with one attached hydrogen (secondary N) is 1. The first-order valence-corrected chi connectivity index (χ1v) is 5.04. The molecule has 16 heavy (non-hydrogen) atoms. The maximum atomic E-state index is 8.77. The molecule has 0 bridgehead atoms. The molecule has 1 aliphatic rings. The molecule has 0 fully saturated rings. The van der Waals surface area contributed by atoms with Crippen LogP contribution < -0.4 is 5.01 Å². The monoisotopic (exact) mass is 212 g/mol. The van der Waals surface area contributed by atoms with Gasteiger partial charge in [-0.25, -0.2) is 5.01 Å². The second-order valence-corrected chi connectivity index (χ2v) is 3.88. The standard InChI is InChI=1S/C12H12N4/c1-8-3-4-9(2)11(5-8)16-12(14)6-10(7-13)15-16/h3-5,14H,6H2,1-2H3. The van der Waals surface area contributed by atoms with Crippen LogP contribution in [-0.4, -0.2) is 11.5 Å². The summed E-state index contributed by atoms with van der Waals surface area (Å²) in [6, 6.07) is 7.99. The molecule has 0 amide bonds. The molecular formula is C12H12N4. The number of rotatable bonds is 1. The zero-order valence-electron chi connectivity index (χ0n) is 9.28. The summed E-state index contributed by atoms with van der Waals surface area (Å²) in [4.78, 5) is 0. The zero-order chi connectivity index (χ0) is 11.7. The van der Waals surface area contributed by atoms with Crippen LogP contribution in [0, 0.1) is 30.6 Å². The van der Waals surface area contributed by atoms with Gasteiger partial charge in [-0.2, -0.15) is 10.4 Å². The molecule has 1 heterocycles. The summed E-state index contributed by atoms with van der Waals surface area (Å²) >= 11 is 0. The van der Waals surface area contributed by atoms with E-state index in [0.29, 0.717) is 18.0 Å². The molecule has 0 saturated heterocycles. The number of hydrogen-bond donors (Lipinski definition) is 1. The Labute approximate surface area is 94.3 Å². The summed E-state index contributed by atoms with van der Waals surface area (Å²) in [5, 5.41) is 22.2. The van der Waals surface area contributed by atoms with Gasteiger partial charge in [0.05, 0.1) is 12.1 Å². The highest BCUT2D eigenvalue weighted by Crippen LogP contribution is 2.25. The van der Waals surface area contributed by atoms with E-state index in [2.05, 4.69) is 5.10 Å². The zero-order valence-corrected chi connectivity index (χ0v) is 9.28. The van der Waals surface area contributed by atoms with E-state index in [1.54, 1.807) is 5.01 Å². The summed E-state index contributed by atoms with van der Waals surface area (Å²) in [5.74, 6) is 0.352. The minimum atomic E-state index is 0.323. The quantitative estimate of drug-likeness (QED) is 0.776. The summed E-state index contributed by atoms with van der Waals surface area (Å²) in [7, 11) is 0. The molecule has 0 aromatic heterocycles. The molecule has 1 aliphatic heterocycles. The second kappa shape index (κ2) is 3.78. The summed E-state index contributed by atoms with van der Waals surface area (Å²) in [6.07, 6.45) is 0.323. The highest BCUT2D eigenvalue weighted by molar-refractivity contribution is 6.19. The van der Waals surface area contributed by atoms with Gasteiger partial charge < -0.3 is 0 Å². The first kappa shape index (κ1) is 10.4. The summed E-state index contributed by atoms with van der Waals surface area (Å²) < 4.78 is 0. The average Bonchev–Trinajstić information content (AvgIpc) is 2.63. The van der Waals surface area contributed by atoms with Crippen LogP contribution in [0.15, 0.2) is 23.3 Å². The highest BCUT2D eigenvalue weighted by Gasteiger charge is 2.22. The minimum absolute atomic E-state index is 0.323. The van der Waals surface area contributed by atoms with Gasteiger partial charge in [0.1, 0.15) is 17.6 Å². The van der Waals surface area contributed by atoms with Crippen molar-refractivity contribution in [3.05, 3.63) is 29.3 Å². The van der Waals surface area contributed by atoms with Crippen molar-refractivity contribution in [2.75, 3.05) is 5.01 Å². The van der Waals surface area contributed by atoms with Gasteiger partial charge in [-0.3, -0.25) is 5.41 Å². The molecule has 2 rings (SSSR count). The Morgan fingerprint density at radius 2 is 2.19 bits per heavy atom. The molecule has 0 unspecified atom stereocenters. The molecule has 0 saturated carbocycles. The molecule has 0 atom stereocenters. The van der Waals surface area contributed by atoms with Crippen molar-refractivity contribution in [3.63, 3.8) is 0 Å². The maximum Gasteiger partial charge on any atom is 0.146 e. The molecular weight excluding hydrogens is 200 g/mol. The van der Waals surface area contributed by atoms with E-state index in [4.69, 9.17) is 10.7 Å². The number of hydrogen-bond acceptors (Lipinski definition) is 3. The van der Waals surface area contributed by atoms with Crippen molar-refractivity contribution in [2.45, 2.75) is 20.3 Å². The van der Waals surface area contributed by atoms with Gasteiger partial charge in [0, 0.05) is 0 Å². The van der Waals surface area contributed by atoms with E-state index in [-0.39, 0.29) is 0 Å². The van der Waals surface area contributed by atoms with E-state index in [9.17, 15) is 0 Å². The number of nitrogens with zero attached hydrogens (tertiary/aromatic N) is 3. The van der Waals surface area contributed by atoms with Crippen molar-refractivity contribution in [2.24, 2.45) is 5.10 Å². The van der Waals surface area contributed by atoms with Gasteiger partial charge in [0.25, 0.3) is 0 Å². The van der Waals surface area contributed by atoms with Crippen molar-refractivity contribution < 1.29 is 0 Å². The van der Waals surface area contributed by atoms with Gasteiger partial charge in [0.15, 0.2) is 0 Å². The van der Waals surface area contributed by atoms with Crippen molar-refractivity contribution >= 4 is 17.2 Å². The Balaban J connectivity index is 2.46. The number of amidine groups is 1. The maximum absolute atomic E-state index is 8.77. The van der Waals surface area contributed by atoms with Crippen LogP contribution in [0.3, 0.4) is 0 Å². The fourth-order valence-corrected chi connectivity index (χ4v) is 1.66. The van der Waals surface area contributed by atoms with Crippen LogP contribution in [0.2, 0.25) is 0 Å².